The SMILES string of the molecule is COC(=O)C1=C(Nc2ccc(S(=O)(=O)O)c3ccccc23)C(=O)N(CCO)C1. The van der Waals surface area contributed by atoms with E-state index in [0.29, 0.717) is 11.1 Å². The van der Waals surface area contributed by atoms with Crippen LogP contribution in [0.25, 0.3) is 10.8 Å². The number of aliphatic hydroxyl groups is 1. The van der Waals surface area contributed by atoms with E-state index in [2.05, 4.69) is 5.32 Å². The first-order valence-corrected chi connectivity index (χ1v) is 9.69. The highest BCUT2D eigenvalue weighted by Gasteiger charge is 2.34. The van der Waals surface area contributed by atoms with Crippen molar-refractivity contribution in [3.8, 4) is 0 Å². The van der Waals surface area contributed by atoms with Crippen LogP contribution in [0.1, 0.15) is 0 Å². The van der Waals surface area contributed by atoms with Crippen molar-refractivity contribution in [2.75, 3.05) is 32.1 Å². The minimum absolute atomic E-state index is 0.00920. The molecule has 0 aliphatic carbocycles. The predicted molar refractivity (Wildman–Crippen MR) is 100 cm³/mol. The molecule has 0 aromatic heterocycles. The van der Waals surface area contributed by atoms with Crippen molar-refractivity contribution < 1.29 is 32.4 Å². The first kappa shape index (κ1) is 19.8. The highest BCUT2D eigenvalue weighted by Crippen LogP contribution is 2.32. The molecule has 3 N–H and O–H groups in total. The van der Waals surface area contributed by atoms with E-state index in [9.17, 15) is 22.6 Å². The van der Waals surface area contributed by atoms with Crippen LogP contribution < -0.4 is 5.32 Å². The van der Waals surface area contributed by atoms with Crippen molar-refractivity contribution in [1.29, 1.82) is 0 Å². The van der Waals surface area contributed by atoms with Crippen LogP contribution in [0.15, 0.2) is 52.6 Å². The van der Waals surface area contributed by atoms with Gasteiger partial charge in [0.1, 0.15) is 10.6 Å². The number of carbonyl (C=O) groups is 2. The minimum Gasteiger partial charge on any atom is -0.466 e. The molecule has 148 valence electrons. The highest BCUT2D eigenvalue weighted by molar-refractivity contribution is 7.86. The van der Waals surface area contributed by atoms with Gasteiger partial charge in [-0.2, -0.15) is 8.42 Å². The molecule has 2 aromatic carbocycles. The monoisotopic (exact) mass is 406 g/mol. The smallest absolute Gasteiger partial charge is 0.337 e. The number of methoxy groups -OCH3 is 1. The number of β-amino-alcohol motifs (C(OH)–C–C–N with tert-alkyl or cyclic N) is 1. The standard InChI is InChI=1S/C18H18N2O7S/c1-27-18(23)13-10-20(8-9-21)17(22)16(13)19-14-6-7-15(28(24,25)26)12-5-3-2-4-11(12)14/h2-7,19,21H,8-10H2,1H3,(H,24,25,26). The quantitative estimate of drug-likeness (QED) is 0.473. The molecule has 0 bridgehead atoms. The summed E-state index contributed by atoms with van der Waals surface area (Å²) in [5.41, 5.74) is 0.465. The average molecular weight is 406 g/mol. The minimum atomic E-state index is -4.45. The highest BCUT2D eigenvalue weighted by atomic mass is 32.2. The molecule has 0 fully saturated rings. The zero-order valence-electron chi connectivity index (χ0n) is 14.9. The Morgan fingerprint density at radius 2 is 1.89 bits per heavy atom. The van der Waals surface area contributed by atoms with Gasteiger partial charge in [-0.05, 0) is 12.1 Å². The Balaban J connectivity index is 2.11. The number of carbonyl (C=O) groups excluding carboxylic acids is 2. The zero-order valence-corrected chi connectivity index (χ0v) is 15.7. The summed E-state index contributed by atoms with van der Waals surface area (Å²) in [6.07, 6.45) is 0. The van der Waals surface area contributed by atoms with Gasteiger partial charge in [0, 0.05) is 23.0 Å². The number of amides is 1. The fourth-order valence-corrected chi connectivity index (χ4v) is 3.78. The summed E-state index contributed by atoms with van der Waals surface area (Å²) in [7, 11) is -3.25. The van der Waals surface area contributed by atoms with E-state index in [0.717, 1.165) is 0 Å². The lowest BCUT2D eigenvalue weighted by Gasteiger charge is -2.16. The van der Waals surface area contributed by atoms with E-state index < -0.39 is 22.0 Å². The maximum atomic E-state index is 12.6. The molecule has 1 aliphatic heterocycles. The molecule has 28 heavy (non-hydrogen) atoms. The van der Waals surface area contributed by atoms with Gasteiger partial charge in [-0.1, -0.05) is 24.3 Å². The van der Waals surface area contributed by atoms with Gasteiger partial charge in [-0.3, -0.25) is 9.35 Å². The number of rotatable bonds is 6. The Morgan fingerprint density at radius 3 is 2.50 bits per heavy atom. The van der Waals surface area contributed by atoms with E-state index >= 15 is 0 Å². The van der Waals surface area contributed by atoms with Gasteiger partial charge in [0.15, 0.2) is 0 Å². The second kappa shape index (κ2) is 7.58. The maximum Gasteiger partial charge on any atom is 0.337 e. The van der Waals surface area contributed by atoms with Gasteiger partial charge in [-0.25, -0.2) is 4.79 Å². The number of nitrogens with zero attached hydrogens (tertiary/aromatic N) is 1. The third kappa shape index (κ3) is 3.57. The Morgan fingerprint density at radius 1 is 1.21 bits per heavy atom. The van der Waals surface area contributed by atoms with Crippen LogP contribution in [0.3, 0.4) is 0 Å². The molecule has 1 aliphatic rings. The molecule has 2 aromatic rings. The summed E-state index contributed by atoms with van der Waals surface area (Å²) in [6.45, 7) is -0.234. The van der Waals surface area contributed by atoms with E-state index in [4.69, 9.17) is 9.84 Å². The second-order valence-electron chi connectivity index (χ2n) is 6.05. The summed E-state index contributed by atoms with van der Waals surface area (Å²) in [6, 6.07) is 9.04. The number of benzene rings is 2. The largest absolute Gasteiger partial charge is 0.466 e. The van der Waals surface area contributed by atoms with Gasteiger partial charge in [-0.15, -0.1) is 0 Å². The lowest BCUT2D eigenvalue weighted by atomic mass is 10.1. The fourth-order valence-electron chi connectivity index (χ4n) is 3.09. The van der Waals surface area contributed by atoms with Crippen molar-refractivity contribution in [2.24, 2.45) is 0 Å². The van der Waals surface area contributed by atoms with Crippen molar-refractivity contribution in [3.63, 3.8) is 0 Å². The van der Waals surface area contributed by atoms with Crippen molar-refractivity contribution in [1.82, 2.24) is 4.90 Å². The Kier molecular flexibility index (Phi) is 5.36. The van der Waals surface area contributed by atoms with Gasteiger partial charge < -0.3 is 20.1 Å². The average Bonchev–Trinajstić information content (AvgIpc) is 2.96. The van der Waals surface area contributed by atoms with Crippen molar-refractivity contribution in [2.45, 2.75) is 4.90 Å². The third-order valence-electron chi connectivity index (χ3n) is 4.38. The van der Waals surface area contributed by atoms with Crippen LogP contribution in [0, 0.1) is 0 Å². The van der Waals surface area contributed by atoms with Crippen molar-refractivity contribution >= 4 is 38.5 Å². The molecule has 9 nitrogen and oxygen atoms in total. The molecule has 0 saturated heterocycles. The molecule has 10 heteroatoms. The molecule has 1 amide bonds. The predicted octanol–water partition coefficient (Wildman–Crippen LogP) is 0.760. The van der Waals surface area contributed by atoms with Crippen molar-refractivity contribution in [3.05, 3.63) is 47.7 Å². The van der Waals surface area contributed by atoms with Crippen LogP contribution in [0.2, 0.25) is 0 Å². The number of anilines is 1. The summed E-state index contributed by atoms with van der Waals surface area (Å²) in [4.78, 5) is 25.8. The summed E-state index contributed by atoms with van der Waals surface area (Å²) in [5, 5.41) is 12.7. The topological polar surface area (TPSA) is 133 Å². The molecule has 3 rings (SSSR count). The first-order chi connectivity index (χ1) is 13.3. The lowest BCUT2D eigenvalue weighted by molar-refractivity contribution is -0.136. The number of aliphatic hydroxyl groups excluding tert-OH is 1. The Bertz CT molecular complexity index is 1090. The molecular formula is C18H18N2O7S. The normalized spacial score (nSPS) is 14.7. The summed E-state index contributed by atoms with van der Waals surface area (Å²) < 4.78 is 37.4. The van der Waals surface area contributed by atoms with Crippen LogP contribution in [-0.2, 0) is 24.4 Å². The molecule has 0 atom stereocenters. The van der Waals surface area contributed by atoms with Gasteiger partial charge in [0.05, 0.1) is 25.8 Å². The number of hydrogen-bond donors (Lipinski definition) is 3. The van der Waals surface area contributed by atoms with E-state index in [-0.39, 0.29) is 41.2 Å². The number of hydrogen-bond acceptors (Lipinski definition) is 7. The number of ether oxygens (including phenoxy) is 1. The Hall–Kier alpha value is -2.95. The Labute approximate surface area is 161 Å². The lowest BCUT2D eigenvalue weighted by Crippen LogP contribution is -2.31. The number of nitrogens with one attached hydrogen (secondary N) is 1. The molecule has 1 heterocycles. The summed E-state index contributed by atoms with van der Waals surface area (Å²) in [5.74, 6) is -1.17. The van der Waals surface area contributed by atoms with Gasteiger partial charge in [0.2, 0.25) is 0 Å². The van der Waals surface area contributed by atoms with Gasteiger partial charge >= 0.3 is 5.97 Å². The van der Waals surface area contributed by atoms with E-state index in [1.54, 1.807) is 18.2 Å². The molecule has 0 spiro atoms. The molecule has 0 saturated carbocycles. The fraction of sp³-hybridized carbons (Fsp3) is 0.222. The van der Waals surface area contributed by atoms with Crippen LogP contribution >= 0.6 is 0 Å². The zero-order chi connectivity index (χ0) is 20.5. The number of esters is 1. The molecule has 0 radical (unpaired) electrons. The van der Waals surface area contributed by atoms with Crippen LogP contribution in [0.4, 0.5) is 5.69 Å². The number of fused-ring (bicyclic) bond motifs is 1. The third-order valence-corrected chi connectivity index (χ3v) is 5.29. The maximum absolute atomic E-state index is 12.6. The van der Waals surface area contributed by atoms with E-state index in [1.807, 2.05) is 0 Å². The van der Waals surface area contributed by atoms with E-state index in [1.165, 1.54) is 30.2 Å². The van der Waals surface area contributed by atoms with Crippen LogP contribution in [-0.4, -0.2) is 61.7 Å². The van der Waals surface area contributed by atoms with Crippen LogP contribution in [0.5, 0.6) is 0 Å². The second-order valence-corrected chi connectivity index (χ2v) is 7.44. The van der Waals surface area contributed by atoms with Gasteiger partial charge in [0.25, 0.3) is 16.0 Å². The first-order valence-electron chi connectivity index (χ1n) is 8.25. The molecule has 0 unspecified atom stereocenters. The summed E-state index contributed by atoms with van der Waals surface area (Å²) >= 11 is 0. The molecular weight excluding hydrogens is 388 g/mol.